The first-order valence-electron chi connectivity index (χ1n) is 6.28. The van der Waals surface area contributed by atoms with Crippen LogP contribution in [0, 0.1) is 0 Å². The van der Waals surface area contributed by atoms with Crippen LogP contribution >= 0.6 is 11.8 Å². The number of benzene rings is 1. The molecule has 0 aliphatic rings. The zero-order valence-electron chi connectivity index (χ0n) is 12.1. The first-order chi connectivity index (χ1) is 9.85. The van der Waals surface area contributed by atoms with E-state index in [0.29, 0.717) is 12.2 Å². The maximum Gasteiger partial charge on any atom is 0.335 e. The fraction of sp³-hybridized carbons (Fsp3) is 0.462. The lowest BCUT2D eigenvalue weighted by Gasteiger charge is -2.17. The topological polar surface area (TPSA) is 92.7 Å². The first-order valence-corrected chi connectivity index (χ1v) is 9.16. The van der Waals surface area contributed by atoms with Gasteiger partial charge in [-0.1, -0.05) is 6.92 Å². The molecule has 0 saturated heterocycles. The summed E-state index contributed by atoms with van der Waals surface area (Å²) in [4.78, 5) is 10.9. The Bertz CT molecular complexity index is 601. The molecule has 0 spiro atoms. The summed E-state index contributed by atoms with van der Waals surface area (Å²) in [6.45, 7) is 1.90. The third-order valence-electron chi connectivity index (χ3n) is 2.88. The van der Waals surface area contributed by atoms with E-state index in [1.54, 1.807) is 11.8 Å². The molecule has 1 aromatic carbocycles. The van der Waals surface area contributed by atoms with Crippen LogP contribution in [0.2, 0.25) is 0 Å². The minimum Gasteiger partial charge on any atom is -0.495 e. The van der Waals surface area contributed by atoms with E-state index in [-0.39, 0.29) is 22.3 Å². The predicted molar refractivity (Wildman–Crippen MR) is 82.7 cm³/mol. The smallest absolute Gasteiger partial charge is 0.335 e. The molecule has 1 rings (SSSR count). The Hall–Kier alpha value is -1.25. The van der Waals surface area contributed by atoms with Gasteiger partial charge in [0.2, 0.25) is 10.0 Å². The van der Waals surface area contributed by atoms with Crippen molar-refractivity contribution in [2.24, 2.45) is 0 Å². The minimum absolute atomic E-state index is 0.0152. The van der Waals surface area contributed by atoms with Crippen LogP contribution in [0.4, 0.5) is 0 Å². The van der Waals surface area contributed by atoms with Gasteiger partial charge in [0, 0.05) is 11.8 Å². The van der Waals surface area contributed by atoms with E-state index in [1.807, 2.05) is 13.2 Å². The Morgan fingerprint density at radius 3 is 2.62 bits per heavy atom. The van der Waals surface area contributed by atoms with Crippen LogP contribution < -0.4 is 9.46 Å². The molecule has 0 aliphatic carbocycles. The molecule has 1 aromatic rings. The Balaban J connectivity index is 3.15. The Morgan fingerprint density at radius 1 is 1.48 bits per heavy atom. The highest BCUT2D eigenvalue weighted by Gasteiger charge is 2.23. The van der Waals surface area contributed by atoms with Gasteiger partial charge in [-0.2, -0.15) is 11.8 Å². The molecular formula is C13H19NO5S2. The molecule has 1 atom stereocenters. The maximum absolute atomic E-state index is 12.4. The molecule has 21 heavy (non-hydrogen) atoms. The summed E-state index contributed by atoms with van der Waals surface area (Å²) >= 11 is 1.55. The van der Waals surface area contributed by atoms with Crippen molar-refractivity contribution in [3.05, 3.63) is 23.8 Å². The molecular weight excluding hydrogens is 314 g/mol. The number of nitrogens with one attached hydrogen (secondary N) is 1. The van der Waals surface area contributed by atoms with E-state index in [2.05, 4.69) is 4.72 Å². The summed E-state index contributed by atoms with van der Waals surface area (Å²) in [5.41, 5.74) is -0.0260. The van der Waals surface area contributed by atoms with E-state index in [0.717, 1.165) is 0 Å². The van der Waals surface area contributed by atoms with Gasteiger partial charge in [-0.15, -0.1) is 0 Å². The molecule has 8 heteroatoms. The van der Waals surface area contributed by atoms with E-state index < -0.39 is 16.0 Å². The second-order valence-electron chi connectivity index (χ2n) is 4.35. The number of thioether (sulfide) groups is 1. The summed E-state index contributed by atoms with van der Waals surface area (Å²) in [5.74, 6) is -0.467. The molecule has 0 radical (unpaired) electrons. The number of hydrogen-bond acceptors (Lipinski definition) is 5. The molecule has 1 unspecified atom stereocenters. The zero-order chi connectivity index (χ0) is 16.0. The number of methoxy groups -OCH3 is 1. The number of rotatable bonds is 8. The summed E-state index contributed by atoms with van der Waals surface area (Å²) in [6, 6.07) is 3.51. The highest BCUT2D eigenvalue weighted by Crippen LogP contribution is 2.25. The lowest BCUT2D eigenvalue weighted by Crippen LogP contribution is -2.36. The Morgan fingerprint density at radius 2 is 2.14 bits per heavy atom. The summed E-state index contributed by atoms with van der Waals surface area (Å²) in [7, 11) is -2.46. The third-order valence-corrected chi connectivity index (χ3v) is 5.18. The highest BCUT2D eigenvalue weighted by atomic mass is 32.2. The zero-order valence-corrected chi connectivity index (χ0v) is 13.8. The van der Waals surface area contributed by atoms with Gasteiger partial charge < -0.3 is 9.84 Å². The van der Waals surface area contributed by atoms with Crippen LogP contribution in [0.15, 0.2) is 23.1 Å². The molecule has 118 valence electrons. The van der Waals surface area contributed by atoms with Crippen LogP contribution in [-0.2, 0) is 10.0 Å². The van der Waals surface area contributed by atoms with E-state index in [1.165, 1.54) is 25.3 Å². The molecule has 0 saturated carbocycles. The second-order valence-corrected chi connectivity index (χ2v) is 6.95. The Labute approximate surface area is 128 Å². The van der Waals surface area contributed by atoms with Gasteiger partial charge in [0.05, 0.1) is 12.7 Å². The van der Waals surface area contributed by atoms with Crippen molar-refractivity contribution < 1.29 is 23.1 Å². The second kappa shape index (κ2) is 7.67. The van der Waals surface area contributed by atoms with Gasteiger partial charge in [-0.25, -0.2) is 17.9 Å². The summed E-state index contributed by atoms with van der Waals surface area (Å²) < 4.78 is 32.4. The number of carbonyl (C=O) groups is 1. The average molecular weight is 333 g/mol. The molecule has 6 nitrogen and oxygen atoms in total. The van der Waals surface area contributed by atoms with Crippen molar-refractivity contribution in [3.8, 4) is 5.75 Å². The molecule has 0 bridgehead atoms. The third kappa shape index (κ3) is 4.62. The predicted octanol–water partition coefficient (Wildman–Crippen LogP) is 1.81. The van der Waals surface area contributed by atoms with Gasteiger partial charge in [-0.3, -0.25) is 0 Å². The lowest BCUT2D eigenvalue weighted by atomic mass is 10.2. The molecule has 0 aliphatic heterocycles. The quantitative estimate of drug-likeness (QED) is 0.754. The monoisotopic (exact) mass is 333 g/mol. The number of ether oxygens (including phenoxy) is 1. The summed E-state index contributed by atoms with van der Waals surface area (Å²) in [6.07, 6.45) is 2.56. The molecule has 0 heterocycles. The van der Waals surface area contributed by atoms with Gasteiger partial charge in [0.1, 0.15) is 10.6 Å². The number of hydrogen-bond donors (Lipinski definition) is 2. The van der Waals surface area contributed by atoms with Crippen molar-refractivity contribution in [2.75, 3.05) is 19.1 Å². The largest absolute Gasteiger partial charge is 0.495 e. The van der Waals surface area contributed by atoms with Crippen molar-refractivity contribution in [2.45, 2.75) is 24.3 Å². The highest BCUT2D eigenvalue weighted by molar-refractivity contribution is 7.98. The fourth-order valence-corrected chi connectivity index (χ4v) is 4.04. The standard InChI is InChI=1S/C13H19NO5S2/c1-4-10(8-20-3)14-21(17,18)12-6-5-9(13(15)16)7-11(12)19-2/h5-7,10,14H,4,8H2,1-3H3,(H,15,16). The van der Waals surface area contributed by atoms with E-state index in [9.17, 15) is 13.2 Å². The van der Waals surface area contributed by atoms with Crippen LogP contribution in [0.1, 0.15) is 23.7 Å². The normalized spacial score (nSPS) is 12.9. The van der Waals surface area contributed by atoms with Gasteiger partial charge >= 0.3 is 5.97 Å². The molecule has 0 aromatic heterocycles. The molecule has 2 N–H and O–H groups in total. The Kier molecular flexibility index (Phi) is 6.50. The number of carboxylic acids is 1. The maximum atomic E-state index is 12.4. The van der Waals surface area contributed by atoms with Crippen molar-refractivity contribution in [1.29, 1.82) is 0 Å². The number of sulfonamides is 1. The van der Waals surface area contributed by atoms with Crippen LogP contribution in [-0.4, -0.2) is 44.7 Å². The van der Waals surface area contributed by atoms with Crippen LogP contribution in [0.3, 0.4) is 0 Å². The van der Waals surface area contributed by atoms with Crippen LogP contribution in [0.5, 0.6) is 5.75 Å². The fourth-order valence-electron chi connectivity index (χ4n) is 1.74. The molecule has 0 amide bonds. The minimum atomic E-state index is -3.76. The van der Waals surface area contributed by atoms with Crippen molar-refractivity contribution in [3.63, 3.8) is 0 Å². The molecule has 0 fully saturated rings. The van der Waals surface area contributed by atoms with Gasteiger partial charge in [0.15, 0.2) is 0 Å². The van der Waals surface area contributed by atoms with Crippen molar-refractivity contribution >= 4 is 27.8 Å². The van der Waals surface area contributed by atoms with E-state index in [4.69, 9.17) is 9.84 Å². The van der Waals surface area contributed by atoms with E-state index >= 15 is 0 Å². The number of carboxylic acid groups (broad SMARTS) is 1. The SMILES string of the molecule is CCC(CSC)NS(=O)(=O)c1ccc(C(=O)O)cc1OC. The van der Waals surface area contributed by atoms with Gasteiger partial charge in [0.25, 0.3) is 0 Å². The average Bonchev–Trinajstić information content (AvgIpc) is 2.45. The summed E-state index contributed by atoms with van der Waals surface area (Å²) in [5, 5.41) is 8.93. The van der Waals surface area contributed by atoms with Gasteiger partial charge in [-0.05, 0) is 30.9 Å². The number of aromatic carboxylic acids is 1. The van der Waals surface area contributed by atoms with Crippen LogP contribution in [0.25, 0.3) is 0 Å². The van der Waals surface area contributed by atoms with Crippen molar-refractivity contribution in [1.82, 2.24) is 4.72 Å². The lowest BCUT2D eigenvalue weighted by molar-refractivity contribution is 0.0696. The first kappa shape index (κ1) is 17.8.